The summed E-state index contributed by atoms with van der Waals surface area (Å²) in [5.74, 6) is 0. The second-order valence-corrected chi connectivity index (χ2v) is 6.12. The summed E-state index contributed by atoms with van der Waals surface area (Å²) in [5.41, 5.74) is 4.20. The lowest BCUT2D eigenvalue weighted by atomic mass is 10.0. The lowest BCUT2D eigenvalue weighted by Gasteiger charge is -2.14. The monoisotopic (exact) mass is 273 g/mol. The number of hydrogen-bond donors (Lipinski definition) is 1. The van der Waals surface area contributed by atoms with Crippen LogP contribution in [0.2, 0.25) is 0 Å². The maximum Gasteiger partial charge on any atom is 0.0308 e. The van der Waals surface area contributed by atoms with Gasteiger partial charge in [0.05, 0.1) is 0 Å². The van der Waals surface area contributed by atoms with E-state index in [0.29, 0.717) is 6.04 Å². The maximum absolute atomic E-state index is 3.60. The van der Waals surface area contributed by atoms with Crippen LogP contribution in [-0.2, 0) is 13.0 Å². The molecule has 2 heteroatoms. The van der Waals surface area contributed by atoms with Crippen LogP contribution in [0.5, 0.6) is 0 Å². The predicted octanol–water partition coefficient (Wildman–Crippen LogP) is 4.86. The molecule has 1 unspecified atom stereocenters. The Balaban J connectivity index is 1.92. The third kappa shape index (κ3) is 3.92. The Bertz CT molecular complexity index is 498. The molecule has 102 valence electrons. The molecule has 1 aromatic heterocycles. The van der Waals surface area contributed by atoms with Gasteiger partial charge in [-0.25, -0.2) is 0 Å². The molecule has 0 bridgehead atoms. The van der Waals surface area contributed by atoms with Crippen molar-refractivity contribution in [2.24, 2.45) is 0 Å². The first-order chi connectivity index (χ1) is 9.20. The van der Waals surface area contributed by atoms with Crippen molar-refractivity contribution in [3.8, 4) is 0 Å². The number of nitrogens with one attached hydrogen (secondary N) is 1. The second kappa shape index (κ2) is 6.88. The molecule has 2 aromatic rings. The van der Waals surface area contributed by atoms with Crippen molar-refractivity contribution in [2.75, 3.05) is 0 Å². The molecule has 0 saturated carbocycles. The van der Waals surface area contributed by atoms with Crippen LogP contribution >= 0.6 is 11.3 Å². The second-order valence-electron chi connectivity index (χ2n) is 5.12. The molecule has 0 spiro atoms. The van der Waals surface area contributed by atoms with E-state index in [1.54, 1.807) is 0 Å². The smallest absolute Gasteiger partial charge is 0.0308 e. The molecular weight excluding hydrogens is 250 g/mol. The topological polar surface area (TPSA) is 12.0 Å². The molecule has 19 heavy (non-hydrogen) atoms. The zero-order chi connectivity index (χ0) is 13.7. The molecule has 2 rings (SSSR count). The van der Waals surface area contributed by atoms with Crippen LogP contribution in [0.4, 0.5) is 0 Å². The Hall–Kier alpha value is -1.12. The van der Waals surface area contributed by atoms with E-state index in [1.807, 2.05) is 11.3 Å². The number of rotatable bonds is 6. The minimum absolute atomic E-state index is 0.400. The predicted molar refractivity (Wildman–Crippen MR) is 84.7 cm³/mol. The van der Waals surface area contributed by atoms with E-state index in [9.17, 15) is 0 Å². The number of hydrogen-bond acceptors (Lipinski definition) is 2. The fraction of sp³-hybridized carbons (Fsp3) is 0.412. The maximum atomic E-state index is 3.60. The van der Waals surface area contributed by atoms with Gasteiger partial charge in [0.25, 0.3) is 0 Å². The van der Waals surface area contributed by atoms with E-state index in [4.69, 9.17) is 0 Å². The van der Waals surface area contributed by atoms with Crippen molar-refractivity contribution in [3.63, 3.8) is 0 Å². The number of aryl methyl sites for hydroxylation is 2. The first-order valence-corrected chi connectivity index (χ1v) is 7.94. The van der Waals surface area contributed by atoms with Gasteiger partial charge in [0, 0.05) is 17.5 Å². The highest BCUT2D eigenvalue weighted by atomic mass is 32.1. The summed E-state index contributed by atoms with van der Waals surface area (Å²) in [6.45, 7) is 7.60. The van der Waals surface area contributed by atoms with E-state index in [0.717, 1.165) is 6.54 Å². The van der Waals surface area contributed by atoms with Gasteiger partial charge >= 0.3 is 0 Å². The molecule has 0 saturated heterocycles. The van der Waals surface area contributed by atoms with E-state index < -0.39 is 0 Å². The molecule has 0 fully saturated rings. The third-order valence-corrected chi connectivity index (χ3v) is 4.58. The summed E-state index contributed by atoms with van der Waals surface area (Å²) >= 11 is 1.83. The average Bonchev–Trinajstić information content (AvgIpc) is 2.83. The van der Waals surface area contributed by atoms with Crippen molar-refractivity contribution in [1.82, 2.24) is 5.32 Å². The Kier molecular flexibility index (Phi) is 5.17. The quantitative estimate of drug-likeness (QED) is 0.792. The van der Waals surface area contributed by atoms with E-state index >= 15 is 0 Å². The largest absolute Gasteiger partial charge is 0.305 e. The van der Waals surface area contributed by atoms with Crippen molar-refractivity contribution in [2.45, 2.75) is 46.2 Å². The van der Waals surface area contributed by atoms with Gasteiger partial charge < -0.3 is 5.32 Å². The van der Waals surface area contributed by atoms with Gasteiger partial charge in [-0.15, -0.1) is 11.3 Å². The highest BCUT2D eigenvalue weighted by Crippen LogP contribution is 2.18. The normalized spacial score (nSPS) is 12.6. The van der Waals surface area contributed by atoms with Gasteiger partial charge in [-0.3, -0.25) is 0 Å². The molecule has 1 nitrogen and oxygen atoms in total. The molecule has 0 aliphatic rings. The Labute approximate surface area is 120 Å². The molecule has 1 atom stereocenters. The molecule has 1 aromatic carbocycles. The van der Waals surface area contributed by atoms with Crippen LogP contribution in [0.3, 0.4) is 0 Å². The van der Waals surface area contributed by atoms with Crippen LogP contribution in [0, 0.1) is 6.92 Å². The lowest BCUT2D eigenvalue weighted by Crippen LogP contribution is -2.17. The van der Waals surface area contributed by atoms with Gasteiger partial charge in [-0.1, -0.05) is 37.6 Å². The summed E-state index contributed by atoms with van der Waals surface area (Å²) in [6, 6.07) is 11.6. The highest BCUT2D eigenvalue weighted by Gasteiger charge is 2.06. The minimum Gasteiger partial charge on any atom is -0.305 e. The van der Waals surface area contributed by atoms with Crippen molar-refractivity contribution in [1.29, 1.82) is 0 Å². The van der Waals surface area contributed by atoms with Gasteiger partial charge in [0.1, 0.15) is 0 Å². The highest BCUT2D eigenvalue weighted by molar-refractivity contribution is 7.10. The Morgan fingerprint density at radius 2 is 1.89 bits per heavy atom. The van der Waals surface area contributed by atoms with Crippen LogP contribution in [0.25, 0.3) is 0 Å². The fourth-order valence-corrected chi connectivity index (χ4v) is 3.07. The van der Waals surface area contributed by atoms with Crippen LogP contribution in [-0.4, -0.2) is 0 Å². The number of benzene rings is 1. The SMILES string of the molecule is CCCc1ccc(C(C)NCc2sccc2C)cc1. The minimum atomic E-state index is 0.400. The van der Waals surface area contributed by atoms with Crippen LogP contribution in [0.15, 0.2) is 35.7 Å². The molecule has 0 aliphatic carbocycles. The van der Waals surface area contributed by atoms with Crippen LogP contribution in [0.1, 0.15) is 47.9 Å². The summed E-state index contributed by atoms with van der Waals surface area (Å²) in [5, 5.41) is 5.77. The lowest BCUT2D eigenvalue weighted by molar-refractivity contribution is 0.577. The van der Waals surface area contributed by atoms with Crippen LogP contribution < -0.4 is 5.32 Å². The van der Waals surface area contributed by atoms with Gasteiger partial charge in [0.2, 0.25) is 0 Å². The zero-order valence-corrected chi connectivity index (χ0v) is 12.9. The standard InChI is InChI=1S/C17H23NS/c1-4-5-15-6-8-16(9-7-15)14(3)18-12-17-13(2)10-11-19-17/h6-11,14,18H,4-5,12H2,1-3H3. The summed E-state index contributed by atoms with van der Waals surface area (Å²) < 4.78 is 0. The Morgan fingerprint density at radius 1 is 1.16 bits per heavy atom. The van der Waals surface area contributed by atoms with E-state index in [1.165, 1.54) is 34.4 Å². The molecule has 0 aliphatic heterocycles. The fourth-order valence-electron chi connectivity index (χ4n) is 2.21. The zero-order valence-electron chi connectivity index (χ0n) is 12.1. The molecule has 1 N–H and O–H groups in total. The first-order valence-electron chi connectivity index (χ1n) is 7.06. The van der Waals surface area contributed by atoms with Gasteiger partial charge in [0.15, 0.2) is 0 Å². The third-order valence-electron chi connectivity index (χ3n) is 3.56. The van der Waals surface area contributed by atoms with Crippen molar-refractivity contribution < 1.29 is 0 Å². The molecule has 1 heterocycles. The molecule has 0 radical (unpaired) electrons. The Morgan fingerprint density at radius 3 is 2.47 bits per heavy atom. The summed E-state index contributed by atoms with van der Waals surface area (Å²) in [7, 11) is 0. The average molecular weight is 273 g/mol. The summed E-state index contributed by atoms with van der Waals surface area (Å²) in [4.78, 5) is 1.44. The number of thiophene rings is 1. The van der Waals surface area contributed by atoms with E-state index in [-0.39, 0.29) is 0 Å². The molecule has 0 amide bonds. The van der Waals surface area contributed by atoms with Crippen molar-refractivity contribution >= 4 is 11.3 Å². The first kappa shape index (κ1) is 14.3. The van der Waals surface area contributed by atoms with Gasteiger partial charge in [-0.05, 0) is 48.4 Å². The van der Waals surface area contributed by atoms with E-state index in [2.05, 4.69) is 61.8 Å². The van der Waals surface area contributed by atoms with Crippen molar-refractivity contribution in [3.05, 3.63) is 57.3 Å². The molecular formula is C17H23NS. The summed E-state index contributed by atoms with van der Waals surface area (Å²) in [6.07, 6.45) is 2.39. The van der Waals surface area contributed by atoms with Gasteiger partial charge in [-0.2, -0.15) is 0 Å².